The van der Waals surface area contributed by atoms with Gasteiger partial charge in [-0.15, -0.1) is 11.8 Å². The van der Waals surface area contributed by atoms with Crippen LogP contribution in [0.3, 0.4) is 0 Å². The topological polar surface area (TPSA) is 49.4 Å². The highest BCUT2D eigenvalue weighted by molar-refractivity contribution is 9.10. The van der Waals surface area contributed by atoms with Crippen molar-refractivity contribution in [3.63, 3.8) is 0 Å². The number of rotatable bonds is 9. The standard InChI is InChI=1S/C22H25BrCl2N2O2S/c1-14(2)26-22(29)15(3)27(11-17-6-9-19(24)10-20(17)25)21(28)13-30-12-16-4-7-18(23)8-5-16/h4-10,14-15H,11-13H2,1-3H3,(H,26,29)/t15-/m0/s1. The average molecular weight is 532 g/mol. The summed E-state index contributed by atoms with van der Waals surface area (Å²) in [5, 5.41) is 3.87. The molecule has 0 fully saturated rings. The number of benzene rings is 2. The van der Waals surface area contributed by atoms with Crippen LogP contribution in [0.2, 0.25) is 10.0 Å². The molecule has 0 aliphatic heterocycles. The fourth-order valence-corrected chi connectivity index (χ4v) is 4.34. The zero-order chi connectivity index (χ0) is 22.3. The van der Waals surface area contributed by atoms with E-state index >= 15 is 0 Å². The van der Waals surface area contributed by atoms with Crippen LogP contribution in [-0.2, 0) is 21.9 Å². The van der Waals surface area contributed by atoms with Crippen molar-refractivity contribution < 1.29 is 9.59 Å². The fourth-order valence-electron chi connectivity index (χ4n) is 2.74. The zero-order valence-electron chi connectivity index (χ0n) is 17.1. The summed E-state index contributed by atoms with van der Waals surface area (Å²) in [6, 6.07) is 12.5. The molecule has 0 radical (unpaired) electrons. The molecule has 0 aromatic heterocycles. The number of hydrogen-bond acceptors (Lipinski definition) is 3. The van der Waals surface area contributed by atoms with Crippen LogP contribution < -0.4 is 5.32 Å². The largest absolute Gasteiger partial charge is 0.352 e. The van der Waals surface area contributed by atoms with Gasteiger partial charge in [0.1, 0.15) is 6.04 Å². The molecule has 0 saturated carbocycles. The molecule has 2 amide bonds. The third-order valence-corrected chi connectivity index (χ3v) is 6.47. The van der Waals surface area contributed by atoms with E-state index in [4.69, 9.17) is 23.2 Å². The van der Waals surface area contributed by atoms with E-state index in [2.05, 4.69) is 21.2 Å². The number of nitrogens with one attached hydrogen (secondary N) is 1. The number of nitrogens with zero attached hydrogens (tertiary/aromatic N) is 1. The van der Waals surface area contributed by atoms with Gasteiger partial charge < -0.3 is 10.2 Å². The van der Waals surface area contributed by atoms with Crippen molar-refractivity contribution in [2.75, 3.05) is 5.75 Å². The monoisotopic (exact) mass is 530 g/mol. The molecule has 0 heterocycles. The maximum absolute atomic E-state index is 13.1. The van der Waals surface area contributed by atoms with Gasteiger partial charge >= 0.3 is 0 Å². The first kappa shape index (κ1) is 25.1. The normalized spacial score (nSPS) is 12.0. The highest BCUT2D eigenvalue weighted by Gasteiger charge is 2.27. The SMILES string of the molecule is CC(C)NC(=O)[C@H](C)N(Cc1ccc(Cl)cc1Cl)C(=O)CSCc1ccc(Br)cc1. The number of carbonyl (C=O) groups is 2. The van der Waals surface area contributed by atoms with Crippen LogP contribution in [0.4, 0.5) is 0 Å². The van der Waals surface area contributed by atoms with Crippen LogP contribution in [0.5, 0.6) is 0 Å². The average Bonchev–Trinajstić information content (AvgIpc) is 2.67. The molecular weight excluding hydrogens is 507 g/mol. The summed E-state index contributed by atoms with van der Waals surface area (Å²) in [7, 11) is 0. The molecule has 0 spiro atoms. The van der Waals surface area contributed by atoms with Gasteiger partial charge in [-0.3, -0.25) is 9.59 Å². The first-order chi connectivity index (χ1) is 14.2. The highest BCUT2D eigenvalue weighted by Crippen LogP contribution is 2.24. The zero-order valence-corrected chi connectivity index (χ0v) is 21.0. The number of amides is 2. The van der Waals surface area contributed by atoms with Crippen molar-refractivity contribution in [1.82, 2.24) is 10.2 Å². The quantitative estimate of drug-likeness (QED) is 0.436. The Bertz CT molecular complexity index is 878. The van der Waals surface area contributed by atoms with E-state index in [1.54, 1.807) is 30.0 Å². The Labute approximate surface area is 200 Å². The summed E-state index contributed by atoms with van der Waals surface area (Å²) in [5.41, 5.74) is 1.88. The number of hydrogen-bond donors (Lipinski definition) is 1. The Balaban J connectivity index is 2.11. The van der Waals surface area contributed by atoms with Crippen molar-refractivity contribution in [2.24, 2.45) is 0 Å². The van der Waals surface area contributed by atoms with Crippen LogP contribution in [0.15, 0.2) is 46.9 Å². The van der Waals surface area contributed by atoms with Crippen LogP contribution in [-0.4, -0.2) is 34.6 Å². The number of thioether (sulfide) groups is 1. The van der Waals surface area contributed by atoms with Crippen LogP contribution >= 0.6 is 50.9 Å². The lowest BCUT2D eigenvalue weighted by molar-refractivity contribution is -0.138. The predicted molar refractivity (Wildman–Crippen MR) is 130 cm³/mol. The van der Waals surface area contributed by atoms with Gasteiger partial charge in [-0.1, -0.05) is 57.3 Å². The molecule has 2 rings (SSSR count). The molecule has 0 saturated heterocycles. The summed E-state index contributed by atoms with van der Waals surface area (Å²) in [4.78, 5) is 27.2. The Morgan fingerprint density at radius 3 is 2.37 bits per heavy atom. The molecule has 0 aliphatic carbocycles. The lowest BCUT2D eigenvalue weighted by Gasteiger charge is -2.29. The molecule has 1 N–H and O–H groups in total. The third-order valence-electron chi connectivity index (χ3n) is 4.36. The molecule has 162 valence electrons. The third kappa shape index (κ3) is 7.80. The van der Waals surface area contributed by atoms with Crippen LogP contribution in [0.25, 0.3) is 0 Å². The van der Waals surface area contributed by atoms with E-state index < -0.39 is 6.04 Å². The number of halogens is 3. The molecule has 1 atom stereocenters. The maximum Gasteiger partial charge on any atom is 0.242 e. The van der Waals surface area contributed by atoms with E-state index in [9.17, 15) is 9.59 Å². The molecule has 0 aliphatic rings. The predicted octanol–water partition coefficient (Wildman–Crippen LogP) is 5.93. The molecule has 4 nitrogen and oxygen atoms in total. The van der Waals surface area contributed by atoms with Gasteiger partial charge in [-0.05, 0) is 56.2 Å². The Kier molecular flexibility index (Phi) is 10.0. The molecule has 2 aromatic rings. The van der Waals surface area contributed by atoms with E-state index in [0.29, 0.717) is 15.8 Å². The minimum atomic E-state index is -0.625. The minimum Gasteiger partial charge on any atom is -0.352 e. The summed E-state index contributed by atoms with van der Waals surface area (Å²) in [6.07, 6.45) is 0. The fraction of sp³-hybridized carbons (Fsp3) is 0.364. The molecule has 0 bridgehead atoms. The van der Waals surface area contributed by atoms with E-state index in [1.807, 2.05) is 38.1 Å². The molecule has 2 aromatic carbocycles. The Morgan fingerprint density at radius 1 is 1.10 bits per heavy atom. The molecule has 8 heteroatoms. The van der Waals surface area contributed by atoms with Crippen LogP contribution in [0, 0.1) is 0 Å². The van der Waals surface area contributed by atoms with Gasteiger partial charge in [0.25, 0.3) is 0 Å². The highest BCUT2D eigenvalue weighted by atomic mass is 79.9. The van der Waals surface area contributed by atoms with Crippen molar-refractivity contribution in [2.45, 2.75) is 45.2 Å². The molecule has 0 unspecified atom stereocenters. The number of carbonyl (C=O) groups excluding carboxylic acids is 2. The van der Waals surface area contributed by atoms with Gasteiger partial charge in [0, 0.05) is 32.9 Å². The first-order valence-corrected chi connectivity index (χ1v) is 12.2. The summed E-state index contributed by atoms with van der Waals surface area (Å²) >= 11 is 17.2. The van der Waals surface area contributed by atoms with Gasteiger partial charge in [0.2, 0.25) is 11.8 Å². The second kappa shape index (κ2) is 12.0. The summed E-state index contributed by atoms with van der Waals surface area (Å²) in [5.74, 6) is 0.665. The van der Waals surface area contributed by atoms with E-state index in [0.717, 1.165) is 15.6 Å². The van der Waals surface area contributed by atoms with Crippen molar-refractivity contribution >= 4 is 62.7 Å². The lowest BCUT2D eigenvalue weighted by Crippen LogP contribution is -2.49. The van der Waals surface area contributed by atoms with Gasteiger partial charge in [-0.2, -0.15) is 0 Å². The van der Waals surface area contributed by atoms with E-state index in [-0.39, 0.29) is 30.2 Å². The van der Waals surface area contributed by atoms with E-state index in [1.165, 1.54) is 11.8 Å². The maximum atomic E-state index is 13.1. The molecule has 30 heavy (non-hydrogen) atoms. The van der Waals surface area contributed by atoms with Gasteiger partial charge in [-0.25, -0.2) is 0 Å². The Morgan fingerprint density at radius 2 is 1.77 bits per heavy atom. The van der Waals surface area contributed by atoms with Crippen LogP contribution in [0.1, 0.15) is 31.9 Å². The van der Waals surface area contributed by atoms with Gasteiger partial charge in [0.15, 0.2) is 0 Å². The van der Waals surface area contributed by atoms with Crippen molar-refractivity contribution in [3.05, 3.63) is 68.1 Å². The van der Waals surface area contributed by atoms with Gasteiger partial charge in [0.05, 0.1) is 5.75 Å². The molecular formula is C22H25BrCl2N2O2S. The Hall–Kier alpha value is -1.21. The van der Waals surface area contributed by atoms with Crippen molar-refractivity contribution in [3.8, 4) is 0 Å². The first-order valence-electron chi connectivity index (χ1n) is 9.53. The lowest BCUT2D eigenvalue weighted by atomic mass is 10.1. The second-order valence-electron chi connectivity index (χ2n) is 7.22. The smallest absolute Gasteiger partial charge is 0.242 e. The summed E-state index contributed by atoms with van der Waals surface area (Å²) < 4.78 is 1.02. The second-order valence-corrected chi connectivity index (χ2v) is 9.96. The van der Waals surface area contributed by atoms with Crippen molar-refractivity contribution in [1.29, 1.82) is 0 Å². The summed E-state index contributed by atoms with van der Waals surface area (Å²) in [6.45, 7) is 5.75. The minimum absolute atomic E-state index is 0.0113.